The van der Waals surface area contributed by atoms with Crippen molar-refractivity contribution in [2.75, 3.05) is 0 Å². The van der Waals surface area contributed by atoms with Gasteiger partial charge in [0.25, 0.3) is 0 Å². The third kappa shape index (κ3) is 3.86. The van der Waals surface area contributed by atoms with E-state index in [1.807, 2.05) is 12.3 Å². The van der Waals surface area contributed by atoms with Gasteiger partial charge >= 0.3 is 0 Å². The minimum absolute atomic E-state index is 0.454. The van der Waals surface area contributed by atoms with Crippen LogP contribution >= 0.6 is 11.6 Å². The first kappa shape index (κ1) is 16.1. The van der Waals surface area contributed by atoms with Gasteiger partial charge in [-0.05, 0) is 30.5 Å². The lowest BCUT2D eigenvalue weighted by Gasteiger charge is -2.11. The molecule has 0 bridgehead atoms. The molecule has 1 aromatic carbocycles. The van der Waals surface area contributed by atoms with Gasteiger partial charge < -0.3 is 5.32 Å². The van der Waals surface area contributed by atoms with Crippen LogP contribution < -0.4 is 5.32 Å². The molecule has 0 saturated heterocycles. The average Bonchev–Trinajstić information content (AvgIpc) is 2.79. The molecule has 3 nitrogen and oxygen atoms in total. The van der Waals surface area contributed by atoms with Crippen molar-refractivity contribution in [2.45, 2.75) is 53.2 Å². The monoisotopic (exact) mass is 305 g/mol. The Hall–Kier alpha value is -1.32. The Labute approximate surface area is 132 Å². The van der Waals surface area contributed by atoms with Crippen LogP contribution in [0, 0.1) is 6.92 Å². The first-order valence-electron chi connectivity index (χ1n) is 7.57. The number of halogens is 1. The third-order valence-corrected chi connectivity index (χ3v) is 3.96. The third-order valence-electron chi connectivity index (χ3n) is 3.60. The van der Waals surface area contributed by atoms with Gasteiger partial charge in [-0.25, -0.2) is 0 Å². The normalized spacial score (nSPS) is 11.3. The van der Waals surface area contributed by atoms with Gasteiger partial charge in [0.1, 0.15) is 0 Å². The quantitative estimate of drug-likeness (QED) is 0.856. The number of hydrogen-bond donors (Lipinski definition) is 1. The zero-order valence-electron chi connectivity index (χ0n) is 13.3. The number of rotatable bonds is 6. The van der Waals surface area contributed by atoms with Crippen molar-refractivity contribution in [1.29, 1.82) is 0 Å². The van der Waals surface area contributed by atoms with E-state index in [-0.39, 0.29) is 0 Å². The van der Waals surface area contributed by atoms with Crippen LogP contribution in [-0.4, -0.2) is 15.8 Å². The maximum atomic E-state index is 6.42. The second-order valence-corrected chi connectivity index (χ2v) is 6.12. The van der Waals surface area contributed by atoms with E-state index in [0.717, 1.165) is 41.2 Å². The second-order valence-electron chi connectivity index (χ2n) is 5.71. The van der Waals surface area contributed by atoms with Gasteiger partial charge in [0.05, 0.1) is 6.20 Å². The van der Waals surface area contributed by atoms with E-state index >= 15 is 0 Å². The lowest BCUT2D eigenvalue weighted by atomic mass is 10.0. The minimum Gasteiger partial charge on any atom is -0.310 e. The molecule has 0 radical (unpaired) electrons. The van der Waals surface area contributed by atoms with Gasteiger partial charge in [-0.2, -0.15) is 5.10 Å². The fraction of sp³-hybridized carbons (Fsp3) is 0.471. The first-order chi connectivity index (χ1) is 10.0. The molecule has 4 heteroatoms. The maximum absolute atomic E-state index is 6.42. The molecule has 0 fully saturated rings. The highest BCUT2D eigenvalue weighted by atomic mass is 35.5. The average molecular weight is 306 g/mol. The Kier molecular flexibility index (Phi) is 5.43. The molecule has 2 rings (SSSR count). The molecule has 0 spiro atoms. The van der Waals surface area contributed by atoms with Crippen LogP contribution in [0.2, 0.25) is 5.02 Å². The predicted molar refractivity (Wildman–Crippen MR) is 89.7 cm³/mol. The first-order valence-corrected chi connectivity index (χ1v) is 7.95. The summed E-state index contributed by atoms with van der Waals surface area (Å²) in [6.07, 6.45) is 3.02. The van der Waals surface area contributed by atoms with Gasteiger partial charge in [0.15, 0.2) is 0 Å². The van der Waals surface area contributed by atoms with E-state index in [4.69, 9.17) is 11.6 Å². The number of nitrogens with one attached hydrogen (secondary N) is 1. The topological polar surface area (TPSA) is 29.9 Å². The van der Waals surface area contributed by atoms with Gasteiger partial charge in [-0.1, -0.05) is 44.5 Å². The second kappa shape index (κ2) is 7.10. The number of aromatic nitrogens is 2. The highest BCUT2D eigenvalue weighted by Crippen LogP contribution is 2.28. The molecule has 0 unspecified atom stereocenters. The largest absolute Gasteiger partial charge is 0.310 e. The molecule has 1 N–H and O–H groups in total. The molecule has 0 aliphatic carbocycles. The summed E-state index contributed by atoms with van der Waals surface area (Å²) in [5.41, 5.74) is 4.62. The van der Waals surface area contributed by atoms with Crippen molar-refractivity contribution in [2.24, 2.45) is 0 Å². The van der Waals surface area contributed by atoms with Gasteiger partial charge in [-0.15, -0.1) is 0 Å². The molecule has 0 aliphatic rings. The van der Waals surface area contributed by atoms with Crippen molar-refractivity contribution in [3.63, 3.8) is 0 Å². The molecular weight excluding hydrogens is 282 g/mol. The summed E-state index contributed by atoms with van der Waals surface area (Å²) in [6.45, 7) is 10.3. The molecule has 114 valence electrons. The predicted octanol–water partition coefficient (Wildman–Crippen LogP) is 4.42. The van der Waals surface area contributed by atoms with E-state index < -0.39 is 0 Å². The zero-order valence-corrected chi connectivity index (χ0v) is 14.0. The lowest BCUT2D eigenvalue weighted by Crippen LogP contribution is -2.21. The molecule has 2 aromatic rings. The molecular formula is C17H24ClN3. The highest BCUT2D eigenvalue weighted by Gasteiger charge is 2.10. The van der Waals surface area contributed by atoms with Crippen LogP contribution in [0.3, 0.4) is 0 Å². The minimum atomic E-state index is 0.454. The molecule has 0 amide bonds. The summed E-state index contributed by atoms with van der Waals surface area (Å²) in [6, 6.07) is 6.72. The van der Waals surface area contributed by atoms with Crippen LogP contribution in [0.4, 0.5) is 0 Å². The van der Waals surface area contributed by atoms with Gasteiger partial charge in [0, 0.05) is 35.4 Å². The summed E-state index contributed by atoms with van der Waals surface area (Å²) < 4.78 is 2.05. The fourth-order valence-corrected chi connectivity index (χ4v) is 2.59. The Morgan fingerprint density at radius 2 is 2.10 bits per heavy atom. The summed E-state index contributed by atoms with van der Waals surface area (Å²) >= 11 is 6.42. The van der Waals surface area contributed by atoms with Crippen molar-refractivity contribution < 1.29 is 0 Å². The summed E-state index contributed by atoms with van der Waals surface area (Å²) in [7, 11) is 0. The van der Waals surface area contributed by atoms with E-state index in [2.05, 4.69) is 54.9 Å². The zero-order chi connectivity index (χ0) is 15.4. The molecule has 1 aromatic heterocycles. The van der Waals surface area contributed by atoms with E-state index in [1.165, 1.54) is 5.69 Å². The summed E-state index contributed by atoms with van der Waals surface area (Å²) in [4.78, 5) is 0. The van der Waals surface area contributed by atoms with Crippen LogP contribution in [0.1, 0.15) is 38.4 Å². The molecule has 0 saturated carbocycles. The van der Waals surface area contributed by atoms with E-state index in [9.17, 15) is 0 Å². The van der Waals surface area contributed by atoms with Crippen LogP contribution in [-0.2, 0) is 13.1 Å². The maximum Gasteiger partial charge on any atom is 0.0571 e. The Balaban J connectivity index is 2.23. The van der Waals surface area contributed by atoms with Crippen molar-refractivity contribution in [1.82, 2.24) is 15.1 Å². The number of aryl methyl sites for hydroxylation is 1. The Bertz CT molecular complexity index is 602. The van der Waals surface area contributed by atoms with Crippen molar-refractivity contribution in [3.8, 4) is 11.1 Å². The molecule has 1 heterocycles. The van der Waals surface area contributed by atoms with Gasteiger partial charge in [-0.3, -0.25) is 4.68 Å². The smallest absolute Gasteiger partial charge is 0.0571 e. The lowest BCUT2D eigenvalue weighted by molar-refractivity contribution is 0.587. The number of hydrogen-bond acceptors (Lipinski definition) is 2. The highest BCUT2D eigenvalue weighted by molar-refractivity contribution is 6.31. The number of nitrogens with zero attached hydrogens (tertiary/aromatic N) is 2. The number of benzene rings is 1. The standard InChI is InChI=1S/C17H24ClN3/c1-5-8-21-13(4)16(11-20-21)14-6-7-15(17(18)9-14)10-19-12(2)3/h6-7,9,11-12,19H,5,8,10H2,1-4H3. The van der Waals surface area contributed by atoms with Crippen molar-refractivity contribution in [3.05, 3.63) is 40.7 Å². The summed E-state index contributed by atoms with van der Waals surface area (Å²) in [5.74, 6) is 0. The molecule has 0 aliphatic heterocycles. The fourth-order valence-electron chi connectivity index (χ4n) is 2.34. The van der Waals surface area contributed by atoms with Crippen molar-refractivity contribution >= 4 is 11.6 Å². The van der Waals surface area contributed by atoms with Crippen LogP contribution in [0.25, 0.3) is 11.1 Å². The van der Waals surface area contributed by atoms with Crippen LogP contribution in [0.5, 0.6) is 0 Å². The molecule has 21 heavy (non-hydrogen) atoms. The molecule has 0 atom stereocenters. The van der Waals surface area contributed by atoms with Crippen LogP contribution in [0.15, 0.2) is 24.4 Å². The Morgan fingerprint density at radius 3 is 2.71 bits per heavy atom. The van der Waals surface area contributed by atoms with Gasteiger partial charge in [0.2, 0.25) is 0 Å². The SMILES string of the molecule is CCCn1ncc(-c2ccc(CNC(C)C)c(Cl)c2)c1C. The Morgan fingerprint density at radius 1 is 1.33 bits per heavy atom. The summed E-state index contributed by atoms with van der Waals surface area (Å²) in [5, 5.41) is 8.66. The van der Waals surface area contributed by atoms with E-state index in [1.54, 1.807) is 0 Å². The van der Waals surface area contributed by atoms with E-state index in [0.29, 0.717) is 6.04 Å².